The fourth-order valence-corrected chi connectivity index (χ4v) is 1.82. The third-order valence-corrected chi connectivity index (χ3v) is 3.10. The Balaban J connectivity index is 1.62. The quantitative estimate of drug-likeness (QED) is 0.864. The van der Waals surface area contributed by atoms with Crippen LogP contribution in [-0.2, 0) is 6.54 Å². The Bertz CT molecular complexity index is 549. The van der Waals surface area contributed by atoms with E-state index in [1.807, 2.05) is 24.3 Å². The van der Waals surface area contributed by atoms with Crippen molar-refractivity contribution in [2.24, 2.45) is 5.92 Å². The summed E-state index contributed by atoms with van der Waals surface area (Å²) >= 11 is 0. The normalized spacial score (nSPS) is 14.4. The van der Waals surface area contributed by atoms with Crippen molar-refractivity contribution in [2.45, 2.75) is 26.3 Å². The molecule has 0 spiro atoms. The highest BCUT2D eigenvalue weighted by Gasteiger charge is 2.22. The van der Waals surface area contributed by atoms with Crippen LogP contribution in [0.3, 0.4) is 0 Å². The molecule has 0 amide bonds. The average molecular weight is 259 g/mol. The first-order valence-electron chi connectivity index (χ1n) is 6.56. The van der Waals surface area contributed by atoms with Crippen LogP contribution < -0.4 is 10.1 Å². The zero-order chi connectivity index (χ0) is 13.1. The lowest BCUT2D eigenvalue weighted by molar-refractivity contribution is 0.297. The van der Waals surface area contributed by atoms with E-state index >= 15 is 0 Å². The molecular formula is C14H17N3O2. The van der Waals surface area contributed by atoms with Gasteiger partial charge in [0.05, 0.1) is 6.61 Å². The van der Waals surface area contributed by atoms with Gasteiger partial charge in [-0.25, -0.2) is 0 Å². The number of para-hydroxylation sites is 1. The van der Waals surface area contributed by atoms with Crippen molar-refractivity contribution in [1.82, 2.24) is 10.1 Å². The summed E-state index contributed by atoms with van der Waals surface area (Å²) in [6.45, 7) is 3.22. The molecule has 1 heterocycles. The number of ether oxygens (including phenoxy) is 1. The number of aromatic nitrogens is 2. The molecule has 1 aliphatic carbocycles. The van der Waals surface area contributed by atoms with Crippen molar-refractivity contribution in [3.8, 4) is 5.75 Å². The van der Waals surface area contributed by atoms with Crippen LogP contribution in [0.15, 0.2) is 28.8 Å². The molecule has 3 rings (SSSR count). The van der Waals surface area contributed by atoms with E-state index in [4.69, 9.17) is 9.26 Å². The monoisotopic (exact) mass is 259 g/mol. The molecule has 1 aromatic heterocycles. The Labute approximate surface area is 112 Å². The van der Waals surface area contributed by atoms with E-state index in [1.54, 1.807) is 6.92 Å². The summed E-state index contributed by atoms with van der Waals surface area (Å²) in [6.07, 6.45) is 2.59. The van der Waals surface area contributed by atoms with E-state index in [0.29, 0.717) is 18.4 Å². The molecular weight excluding hydrogens is 242 g/mol. The van der Waals surface area contributed by atoms with Gasteiger partial charge in [-0.3, -0.25) is 0 Å². The number of nitrogens with one attached hydrogen (secondary N) is 1. The van der Waals surface area contributed by atoms with Gasteiger partial charge in [0.15, 0.2) is 5.82 Å². The maximum absolute atomic E-state index is 5.85. The Hall–Kier alpha value is -2.04. The highest BCUT2D eigenvalue weighted by Crippen LogP contribution is 2.30. The molecule has 5 heteroatoms. The maximum atomic E-state index is 5.85. The van der Waals surface area contributed by atoms with E-state index in [1.165, 1.54) is 12.8 Å². The first-order valence-corrected chi connectivity index (χ1v) is 6.56. The standard InChI is InChI=1S/C14H17N3O2/c1-10-16-14(19-17-10)15-8-12-4-2-3-5-13(12)18-9-11-6-7-11/h2-5,11H,6-9H2,1H3,(H,15,16,17). The molecule has 0 bridgehead atoms. The van der Waals surface area contributed by atoms with Crippen LogP contribution in [0.4, 0.5) is 6.01 Å². The van der Waals surface area contributed by atoms with Crippen LogP contribution >= 0.6 is 0 Å². The SMILES string of the molecule is Cc1noc(NCc2ccccc2OCC2CC2)n1. The molecule has 19 heavy (non-hydrogen) atoms. The molecule has 2 aromatic rings. The number of nitrogens with zero attached hydrogens (tertiary/aromatic N) is 2. The van der Waals surface area contributed by atoms with Crippen molar-refractivity contribution < 1.29 is 9.26 Å². The van der Waals surface area contributed by atoms with E-state index in [9.17, 15) is 0 Å². The Kier molecular flexibility index (Phi) is 3.35. The number of hydrogen-bond acceptors (Lipinski definition) is 5. The van der Waals surface area contributed by atoms with Crippen LogP contribution in [-0.4, -0.2) is 16.7 Å². The summed E-state index contributed by atoms with van der Waals surface area (Å²) in [5.41, 5.74) is 1.10. The summed E-state index contributed by atoms with van der Waals surface area (Å²) < 4.78 is 10.9. The zero-order valence-corrected chi connectivity index (χ0v) is 10.9. The van der Waals surface area contributed by atoms with E-state index in [0.717, 1.165) is 23.8 Å². The molecule has 100 valence electrons. The summed E-state index contributed by atoms with van der Waals surface area (Å²) in [7, 11) is 0. The van der Waals surface area contributed by atoms with Crippen molar-refractivity contribution >= 4 is 6.01 Å². The molecule has 1 fully saturated rings. The summed E-state index contributed by atoms with van der Waals surface area (Å²) in [5.74, 6) is 2.30. The van der Waals surface area contributed by atoms with Crippen LogP contribution in [0.2, 0.25) is 0 Å². The number of aryl methyl sites for hydroxylation is 1. The third kappa shape index (κ3) is 3.24. The predicted molar refractivity (Wildman–Crippen MR) is 71.0 cm³/mol. The Morgan fingerprint density at radius 1 is 1.37 bits per heavy atom. The topological polar surface area (TPSA) is 60.2 Å². The molecule has 0 unspecified atom stereocenters. The van der Waals surface area contributed by atoms with Crippen LogP contribution in [0.1, 0.15) is 24.2 Å². The molecule has 1 aromatic carbocycles. The van der Waals surface area contributed by atoms with Gasteiger partial charge in [-0.2, -0.15) is 4.98 Å². The number of anilines is 1. The second kappa shape index (κ2) is 5.30. The smallest absolute Gasteiger partial charge is 0.321 e. The lowest BCUT2D eigenvalue weighted by Gasteiger charge is -2.10. The summed E-state index contributed by atoms with van der Waals surface area (Å²) in [5, 5.41) is 6.84. The van der Waals surface area contributed by atoms with Gasteiger partial charge in [0.2, 0.25) is 0 Å². The second-order valence-corrected chi connectivity index (χ2v) is 4.86. The summed E-state index contributed by atoms with van der Waals surface area (Å²) in [4.78, 5) is 4.11. The number of benzene rings is 1. The fraction of sp³-hybridized carbons (Fsp3) is 0.429. The third-order valence-electron chi connectivity index (χ3n) is 3.10. The summed E-state index contributed by atoms with van der Waals surface area (Å²) in [6, 6.07) is 8.47. The highest BCUT2D eigenvalue weighted by molar-refractivity contribution is 5.36. The minimum absolute atomic E-state index is 0.439. The maximum Gasteiger partial charge on any atom is 0.321 e. The zero-order valence-electron chi connectivity index (χ0n) is 10.9. The van der Waals surface area contributed by atoms with Gasteiger partial charge in [-0.1, -0.05) is 23.4 Å². The molecule has 0 aliphatic heterocycles. The molecule has 5 nitrogen and oxygen atoms in total. The van der Waals surface area contributed by atoms with Gasteiger partial charge in [-0.15, -0.1) is 0 Å². The first-order chi connectivity index (χ1) is 9.31. The molecule has 1 N–H and O–H groups in total. The first kappa shape index (κ1) is 12.0. The molecule has 0 radical (unpaired) electrons. The van der Waals surface area contributed by atoms with Gasteiger partial charge in [-0.05, 0) is 31.7 Å². The van der Waals surface area contributed by atoms with E-state index in [2.05, 4.69) is 15.5 Å². The van der Waals surface area contributed by atoms with Gasteiger partial charge in [0, 0.05) is 12.1 Å². The van der Waals surface area contributed by atoms with Crippen LogP contribution in [0.5, 0.6) is 5.75 Å². The molecule has 1 aliphatic rings. The number of hydrogen-bond donors (Lipinski definition) is 1. The van der Waals surface area contributed by atoms with Crippen molar-refractivity contribution in [3.05, 3.63) is 35.7 Å². The lowest BCUT2D eigenvalue weighted by Crippen LogP contribution is -2.05. The van der Waals surface area contributed by atoms with Gasteiger partial charge >= 0.3 is 6.01 Å². The lowest BCUT2D eigenvalue weighted by atomic mass is 10.2. The van der Waals surface area contributed by atoms with E-state index in [-0.39, 0.29) is 0 Å². The number of rotatable bonds is 6. The van der Waals surface area contributed by atoms with Crippen molar-refractivity contribution in [1.29, 1.82) is 0 Å². The van der Waals surface area contributed by atoms with Crippen molar-refractivity contribution in [2.75, 3.05) is 11.9 Å². The van der Waals surface area contributed by atoms with Crippen molar-refractivity contribution in [3.63, 3.8) is 0 Å². The van der Waals surface area contributed by atoms with E-state index < -0.39 is 0 Å². The van der Waals surface area contributed by atoms with Crippen LogP contribution in [0, 0.1) is 12.8 Å². The Morgan fingerprint density at radius 2 is 2.21 bits per heavy atom. The molecule has 1 saturated carbocycles. The fourth-order valence-electron chi connectivity index (χ4n) is 1.82. The second-order valence-electron chi connectivity index (χ2n) is 4.86. The molecule has 0 saturated heterocycles. The minimum atomic E-state index is 0.439. The van der Waals surface area contributed by atoms with Gasteiger partial charge < -0.3 is 14.6 Å². The largest absolute Gasteiger partial charge is 0.493 e. The van der Waals surface area contributed by atoms with Crippen LogP contribution in [0.25, 0.3) is 0 Å². The Morgan fingerprint density at radius 3 is 2.95 bits per heavy atom. The highest BCUT2D eigenvalue weighted by atomic mass is 16.5. The molecule has 0 atom stereocenters. The predicted octanol–water partition coefficient (Wildman–Crippen LogP) is 2.78. The minimum Gasteiger partial charge on any atom is -0.493 e. The van der Waals surface area contributed by atoms with Gasteiger partial charge in [0.25, 0.3) is 0 Å². The van der Waals surface area contributed by atoms with Gasteiger partial charge in [0.1, 0.15) is 5.75 Å². The average Bonchev–Trinajstić information content (AvgIpc) is 3.17.